The van der Waals surface area contributed by atoms with Gasteiger partial charge in [0.15, 0.2) is 5.43 Å². The molecular formula is C16H20N2O2. The molecule has 4 heteroatoms. The Morgan fingerprint density at radius 2 is 1.95 bits per heavy atom. The molecule has 0 aliphatic heterocycles. The first-order chi connectivity index (χ1) is 9.65. The minimum Gasteiger partial charge on any atom is -0.494 e. The van der Waals surface area contributed by atoms with Gasteiger partial charge in [-0.05, 0) is 45.2 Å². The summed E-state index contributed by atoms with van der Waals surface area (Å²) in [5.74, 6) is 0.852. The maximum absolute atomic E-state index is 11.9. The molecule has 1 heterocycles. The van der Waals surface area contributed by atoms with E-state index in [0.29, 0.717) is 13.2 Å². The van der Waals surface area contributed by atoms with Crippen LogP contribution in [0.3, 0.4) is 0 Å². The van der Waals surface area contributed by atoms with Crippen LogP contribution in [0.1, 0.15) is 18.2 Å². The predicted octanol–water partition coefficient (Wildman–Crippen LogP) is 2.26. The first-order valence-electron chi connectivity index (χ1n) is 6.75. The Bertz CT molecular complexity index is 630. The fraction of sp³-hybridized carbons (Fsp3) is 0.312. The van der Waals surface area contributed by atoms with Crippen molar-refractivity contribution in [1.82, 2.24) is 9.88 Å². The van der Waals surface area contributed by atoms with Crippen molar-refractivity contribution in [2.45, 2.75) is 20.4 Å². The molecule has 0 amide bonds. The summed E-state index contributed by atoms with van der Waals surface area (Å²) in [7, 11) is 1.83. The molecule has 0 spiro atoms. The molecule has 2 rings (SSSR count). The van der Waals surface area contributed by atoms with Gasteiger partial charge in [0.25, 0.3) is 0 Å². The monoisotopic (exact) mass is 272 g/mol. The van der Waals surface area contributed by atoms with Gasteiger partial charge in [0.2, 0.25) is 0 Å². The topological polar surface area (TPSA) is 43.3 Å². The lowest BCUT2D eigenvalue weighted by molar-refractivity contribution is 0.340. The van der Waals surface area contributed by atoms with E-state index in [4.69, 9.17) is 4.74 Å². The molecule has 0 aliphatic rings. The van der Waals surface area contributed by atoms with Gasteiger partial charge in [-0.1, -0.05) is 0 Å². The number of pyridine rings is 1. The molecule has 1 N–H and O–H groups in total. The number of aromatic nitrogens is 1. The summed E-state index contributed by atoms with van der Waals surface area (Å²) >= 11 is 0. The van der Waals surface area contributed by atoms with E-state index in [1.165, 1.54) is 0 Å². The van der Waals surface area contributed by atoms with Crippen molar-refractivity contribution in [2.75, 3.05) is 13.7 Å². The smallest absolute Gasteiger partial charge is 0.186 e. The Morgan fingerprint density at radius 3 is 2.55 bits per heavy atom. The second kappa shape index (κ2) is 6.39. The normalized spacial score (nSPS) is 10.6. The lowest BCUT2D eigenvalue weighted by Gasteiger charge is -2.13. The van der Waals surface area contributed by atoms with Gasteiger partial charge in [0.05, 0.1) is 6.61 Å². The Balaban J connectivity index is 2.40. The zero-order chi connectivity index (χ0) is 14.5. The maximum atomic E-state index is 11.9. The van der Waals surface area contributed by atoms with Crippen LogP contribution < -0.4 is 15.5 Å². The second-order valence-electron chi connectivity index (χ2n) is 4.63. The third kappa shape index (κ3) is 3.08. The van der Waals surface area contributed by atoms with Crippen molar-refractivity contribution < 1.29 is 4.74 Å². The van der Waals surface area contributed by atoms with Gasteiger partial charge in [0.1, 0.15) is 5.75 Å². The molecule has 0 aliphatic carbocycles. The maximum Gasteiger partial charge on any atom is 0.186 e. The van der Waals surface area contributed by atoms with Crippen molar-refractivity contribution in [3.63, 3.8) is 0 Å². The van der Waals surface area contributed by atoms with Crippen LogP contribution in [0.4, 0.5) is 0 Å². The summed E-state index contributed by atoms with van der Waals surface area (Å²) < 4.78 is 7.46. The quantitative estimate of drug-likeness (QED) is 0.908. The molecule has 2 aromatic rings. The zero-order valence-electron chi connectivity index (χ0n) is 12.1. The highest BCUT2D eigenvalue weighted by atomic mass is 16.5. The molecular weight excluding hydrogens is 252 g/mol. The highest BCUT2D eigenvalue weighted by Crippen LogP contribution is 2.16. The van der Waals surface area contributed by atoms with Gasteiger partial charge >= 0.3 is 0 Å². The standard InChI is InChI=1S/C16H20N2O2/c1-4-20-15-7-5-14(6-8-15)18-11-13(10-17-3)16(19)9-12(18)2/h5-9,11,17H,4,10H2,1-3H3. The third-order valence-electron chi connectivity index (χ3n) is 3.11. The number of ether oxygens (including phenoxy) is 1. The number of hydrogen-bond acceptors (Lipinski definition) is 3. The van der Waals surface area contributed by atoms with E-state index in [9.17, 15) is 4.79 Å². The number of hydrogen-bond donors (Lipinski definition) is 1. The van der Waals surface area contributed by atoms with Crippen LogP contribution in [0.5, 0.6) is 5.75 Å². The van der Waals surface area contributed by atoms with E-state index in [1.807, 2.05) is 55.9 Å². The Morgan fingerprint density at radius 1 is 1.25 bits per heavy atom. The summed E-state index contributed by atoms with van der Waals surface area (Å²) in [5, 5.41) is 3.02. The molecule has 1 aromatic heterocycles. The van der Waals surface area contributed by atoms with E-state index in [1.54, 1.807) is 6.07 Å². The van der Waals surface area contributed by atoms with Crippen molar-refractivity contribution in [3.8, 4) is 11.4 Å². The van der Waals surface area contributed by atoms with Crippen LogP contribution >= 0.6 is 0 Å². The van der Waals surface area contributed by atoms with Gasteiger partial charge in [-0.3, -0.25) is 4.79 Å². The van der Waals surface area contributed by atoms with E-state index in [-0.39, 0.29) is 5.43 Å². The van der Waals surface area contributed by atoms with Crippen molar-refractivity contribution in [2.24, 2.45) is 0 Å². The molecule has 20 heavy (non-hydrogen) atoms. The predicted molar refractivity (Wildman–Crippen MR) is 80.7 cm³/mol. The van der Waals surface area contributed by atoms with Gasteiger partial charge in [-0.15, -0.1) is 0 Å². The Labute approximate surface area is 119 Å². The fourth-order valence-corrected chi connectivity index (χ4v) is 2.14. The van der Waals surface area contributed by atoms with Gasteiger partial charge in [-0.2, -0.15) is 0 Å². The SMILES string of the molecule is CCOc1ccc(-n2cc(CNC)c(=O)cc2C)cc1. The van der Waals surface area contributed by atoms with Crippen molar-refractivity contribution in [1.29, 1.82) is 0 Å². The molecule has 0 saturated carbocycles. The zero-order valence-corrected chi connectivity index (χ0v) is 12.1. The van der Waals surface area contributed by atoms with E-state index in [0.717, 1.165) is 22.7 Å². The van der Waals surface area contributed by atoms with Crippen LogP contribution in [-0.2, 0) is 6.54 Å². The lowest BCUT2D eigenvalue weighted by atomic mass is 10.2. The van der Waals surface area contributed by atoms with Gasteiger partial charge in [-0.25, -0.2) is 0 Å². The van der Waals surface area contributed by atoms with Crippen LogP contribution in [0.15, 0.2) is 41.3 Å². The molecule has 0 atom stereocenters. The summed E-state index contributed by atoms with van der Waals surface area (Å²) in [6.07, 6.45) is 1.89. The van der Waals surface area contributed by atoms with Crippen LogP contribution in [0.25, 0.3) is 5.69 Å². The minimum atomic E-state index is 0.0686. The van der Waals surface area contributed by atoms with Crippen LogP contribution in [0.2, 0.25) is 0 Å². The number of nitrogens with one attached hydrogen (secondary N) is 1. The molecule has 4 nitrogen and oxygen atoms in total. The fourth-order valence-electron chi connectivity index (χ4n) is 2.14. The number of aryl methyl sites for hydroxylation is 1. The summed E-state index contributed by atoms with van der Waals surface area (Å²) in [6, 6.07) is 9.53. The van der Waals surface area contributed by atoms with Gasteiger partial charge < -0.3 is 14.6 Å². The summed E-state index contributed by atoms with van der Waals surface area (Å²) in [5.41, 5.74) is 2.76. The first-order valence-corrected chi connectivity index (χ1v) is 6.75. The lowest BCUT2D eigenvalue weighted by Crippen LogP contribution is -2.19. The van der Waals surface area contributed by atoms with Crippen LogP contribution in [-0.4, -0.2) is 18.2 Å². The Hall–Kier alpha value is -2.07. The highest BCUT2D eigenvalue weighted by molar-refractivity contribution is 5.39. The molecule has 106 valence electrons. The molecule has 1 aromatic carbocycles. The van der Waals surface area contributed by atoms with E-state index < -0.39 is 0 Å². The average Bonchev–Trinajstić information content (AvgIpc) is 2.43. The van der Waals surface area contributed by atoms with Crippen molar-refractivity contribution >= 4 is 0 Å². The molecule has 0 bridgehead atoms. The second-order valence-corrected chi connectivity index (χ2v) is 4.63. The summed E-state index contributed by atoms with van der Waals surface area (Å²) in [6.45, 7) is 5.11. The van der Waals surface area contributed by atoms with Gasteiger partial charge in [0, 0.05) is 35.8 Å². The third-order valence-corrected chi connectivity index (χ3v) is 3.11. The van der Waals surface area contributed by atoms with E-state index in [2.05, 4.69) is 5.32 Å². The first kappa shape index (κ1) is 14.3. The van der Waals surface area contributed by atoms with Crippen LogP contribution in [0, 0.1) is 6.92 Å². The Kier molecular flexibility index (Phi) is 4.58. The summed E-state index contributed by atoms with van der Waals surface area (Å²) in [4.78, 5) is 11.9. The minimum absolute atomic E-state index is 0.0686. The molecule has 0 radical (unpaired) electrons. The average molecular weight is 272 g/mol. The number of benzene rings is 1. The molecule has 0 fully saturated rings. The molecule has 0 saturated heterocycles. The largest absolute Gasteiger partial charge is 0.494 e. The number of rotatable bonds is 5. The van der Waals surface area contributed by atoms with E-state index >= 15 is 0 Å². The molecule has 0 unspecified atom stereocenters. The number of nitrogens with zero attached hydrogens (tertiary/aromatic N) is 1. The highest BCUT2D eigenvalue weighted by Gasteiger charge is 2.05. The van der Waals surface area contributed by atoms with Crippen molar-refractivity contribution in [3.05, 3.63) is 58.0 Å².